The van der Waals surface area contributed by atoms with Crippen LogP contribution in [-0.4, -0.2) is 59.3 Å². The van der Waals surface area contributed by atoms with Crippen LogP contribution in [-0.2, 0) is 0 Å². The Morgan fingerprint density at radius 2 is 2.00 bits per heavy atom. The minimum atomic E-state index is 0.171. The van der Waals surface area contributed by atoms with E-state index in [0.717, 1.165) is 31.7 Å². The lowest BCUT2D eigenvalue weighted by Gasteiger charge is -2.35. The van der Waals surface area contributed by atoms with Gasteiger partial charge in [-0.3, -0.25) is 4.90 Å². The molecule has 0 aliphatic carbocycles. The molecular formula is C17H22ClN5O2. The summed E-state index contributed by atoms with van der Waals surface area (Å²) in [6, 6.07) is 5.47. The number of aliphatic hydroxyl groups excluding tert-OH is 1. The van der Waals surface area contributed by atoms with E-state index in [0.29, 0.717) is 28.9 Å². The van der Waals surface area contributed by atoms with Crippen molar-refractivity contribution in [2.45, 2.75) is 6.92 Å². The SMILES string of the molecule is Cc1cc(Cl)ccc1Oc1cnc(N)nc1N1CCN(CCO)CC1. The van der Waals surface area contributed by atoms with Crippen molar-refractivity contribution in [3.63, 3.8) is 0 Å². The summed E-state index contributed by atoms with van der Waals surface area (Å²) in [5, 5.41) is 9.74. The molecule has 1 saturated heterocycles. The number of nitrogens with two attached hydrogens (primary N) is 1. The van der Waals surface area contributed by atoms with E-state index in [9.17, 15) is 0 Å². The molecule has 3 N–H and O–H groups in total. The number of anilines is 2. The van der Waals surface area contributed by atoms with Gasteiger partial charge >= 0.3 is 0 Å². The van der Waals surface area contributed by atoms with Crippen LogP contribution in [0.1, 0.15) is 5.56 Å². The summed E-state index contributed by atoms with van der Waals surface area (Å²) < 4.78 is 6.04. The average molecular weight is 364 g/mol. The Balaban J connectivity index is 1.81. The fourth-order valence-electron chi connectivity index (χ4n) is 2.84. The van der Waals surface area contributed by atoms with Crippen LogP contribution in [0.5, 0.6) is 11.5 Å². The van der Waals surface area contributed by atoms with E-state index in [2.05, 4.69) is 19.8 Å². The highest BCUT2D eigenvalue weighted by Crippen LogP contribution is 2.33. The Morgan fingerprint density at radius 3 is 2.68 bits per heavy atom. The highest BCUT2D eigenvalue weighted by atomic mass is 35.5. The molecule has 3 rings (SSSR count). The van der Waals surface area contributed by atoms with Gasteiger partial charge in [0.1, 0.15) is 5.75 Å². The molecule has 7 nitrogen and oxygen atoms in total. The summed E-state index contributed by atoms with van der Waals surface area (Å²) in [5.74, 6) is 2.17. The lowest BCUT2D eigenvalue weighted by molar-refractivity contribution is 0.188. The largest absolute Gasteiger partial charge is 0.452 e. The Bertz CT molecular complexity index is 735. The molecule has 0 atom stereocenters. The normalized spacial score (nSPS) is 15.4. The van der Waals surface area contributed by atoms with E-state index >= 15 is 0 Å². The lowest BCUT2D eigenvalue weighted by Crippen LogP contribution is -2.47. The van der Waals surface area contributed by atoms with Gasteiger partial charge in [-0.25, -0.2) is 4.98 Å². The third-order valence-corrected chi connectivity index (χ3v) is 4.43. The van der Waals surface area contributed by atoms with E-state index in [1.165, 1.54) is 0 Å². The van der Waals surface area contributed by atoms with Crippen LogP contribution < -0.4 is 15.4 Å². The topological polar surface area (TPSA) is 87.7 Å². The first kappa shape index (κ1) is 17.7. The molecule has 0 radical (unpaired) electrons. The molecule has 0 unspecified atom stereocenters. The molecule has 1 aromatic heterocycles. The molecule has 25 heavy (non-hydrogen) atoms. The molecule has 1 fully saturated rings. The van der Waals surface area contributed by atoms with Crippen LogP contribution in [0.15, 0.2) is 24.4 Å². The van der Waals surface area contributed by atoms with E-state index in [1.54, 1.807) is 12.3 Å². The Kier molecular flexibility index (Phi) is 5.57. The molecular weight excluding hydrogens is 342 g/mol. The molecule has 1 aliphatic rings. The number of benzene rings is 1. The maximum Gasteiger partial charge on any atom is 0.222 e. The summed E-state index contributed by atoms with van der Waals surface area (Å²) in [6.07, 6.45) is 1.60. The van der Waals surface area contributed by atoms with E-state index < -0.39 is 0 Å². The molecule has 0 amide bonds. The second-order valence-electron chi connectivity index (χ2n) is 5.98. The molecule has 2 aromatic rings. The zero-order valence-corrected chi connectivity index (χ0v) is 14.9. The number of hydrogen-bond donors (Lipinski definition) is 2. The first-order valence-electron chi connectivity index (χ1n) is 8.21. The van der Waals surface area contributed by atoms with Gasteiger partial charge < -0.3 is 20.5 Å². The van der Waals surface area contributed by atoms with Crippen molar-refractivity contribution < 1.29 is 9.84 Å². The lowest BCUT2D eigenvalue weighted by atomic mass is 10.2. The maximum absolute atomic E-state index is 9.07. The Labute approximate surface area is 152 Å². The summed E-state index contributed by atoms with van der Waals surface area (Å²) >= 11 is 6.01. The summed E-state index contributed by atoms with van der Waals surface area (Å²) in [4.78, 5) is 12.8. The first-order chi connectivity index (χ1) is 12.1. The number of rotatable bonds is 5. The number of ether oxygens (including phenoxy) is 1. The van der Waals surface area contributed by atoms with Gasteiger partial charge in [-0.1, -0.05) is 11.6 Å². The van der Waals surface area contributed by atoms with Crippen molar-refractivity contribution in [2.75, 3.05) is 50.0 Å². The highest BCUT2D eigenvalue weighted by Gasteiger charge is 2.22. The summed E-state index contributed by atoms with van der Waals surface area (Å²) in [7, 11) is 0. The fraction of sp³-hybridized carbons (Fsp3) is 0.412. The van der Waals surface area contributed by atoms with Gasteiger partial charge in [0.05, 0.1) is 12.8 Å². The van der Waals surface area contributed by atoms with Crippen molar-refractivity contribution in [3.05, 3.63) is 35.0 Å². The average Bonchev–Trinajstić information content (AvgIpc) is 2.60. The zero-order valence-electron chi connectivity index (χ0n) is 14.2. The predicted molar refractivity (Wildman–Crippen MR) is 98.4 cm³/mol. The standard InChI is InChI=1S/C17H22ClN5O2/c1-12-10-13(18)2-3-14(12)25-15-11-20-17(19)21-16(15)23-6-4-22(5-7-23)8-9-24/h2-3,10-11,24H,4-9H2,1H3,(H2,19,20,21). The van der Waals surface area contributed by atoms with Gasteiger partial charge in [0.15, 0.2) is 11.6 Å². The van der Waals surface area contributed by atoms with Crippen molar-refractivity contribution in [1.82, 2.24) is 14.9 Å². The number of β-amino-alcohol motifs (C(OH)–C–C–N with tert-alkyl or cyclic N) is 1. The fourth-order valence-corrected chi connectivity index (χ4v) is 3.07. The number of nitrogens with zero attached hydrogens (tertiary/aromatic N) is 4. The monoisotopic (exact) mass is 363 g/mol. The molecule has 0 bridgehead atoms. The number of piperazine rings is 1. The number of hydrogen-bond acceptors (Lipinski definition) is 7. The molecule has 1 aromatic carbocycles. The van der Waals surface area contributed by atoms with Gasteiger partial charge in [-0.05, 0) is 30.7 Å². The smallest absolute Gasteiger partial charge is 0.222 e. The molecule has 8 heteroatoms. The van der Waals surface area contributed by atoms with E-state index in [1.807, 2.05) is 19.1 Å². The molecule has 1 aliphatic heterocycles. The highest BCUT2D eigenvalue weighted by molar-refractivity contribution is 6.30. The number of aromatic nitrogens is 2. The number of aliphatic hydroxyl groups is 1. The van der Waals surface area contributed by atoms with Gasteiger partial charge in [-0.15, -0.1) is 0 Å². The van der Waals surface area contributed by atoms with Crippen LogP contribution in [0.25, 0.3) is 0 Å². The predicted octanol–water partition coefficient (Wildman–Crippen LogP) is 1.93. The van der Waals surface area contributed by atoms with Crippen molar-refractivity contribution >= 4 is 23.4 Å². The molecule has 134 valence electrons. The Hall–Kier alpha value is -2.09. The number of halogens is 1. The van der Waals surface area contributed by atoms with Gasteiger partial charge in [0.25, 0.3) is 0 Å². The summed E-state index contributed by atoms with van der Waals surface area (Å²) in [5.41, 5.74) is 6.72. The summed E-state index contributed by atoms with van der Waals surface area (Å²) in [6.45, 7) is 6.07. The van der Waals surface area contributed by atoms with Gasteiger partial charge in [0.2, 0.25) is 5.95 Å². The second-order valence-corrected chi connectivity index (χ2v) is 6.42. The third-order valence-electron chi connectivity index (χ3n) is 4.20. The van der Waals surface area contributed by atoms with Crippen LogP contribution in [0.2, 0.25) is 5.02 Å². The van der Waals surface area contributed by atoms with Crippen molar-refractivity contribution in [1.29, 1.82) is 0 Å². The first-order valence-corrected chi connectivity index (χ1v) is 8.59. The van der Waals surface area contributed by atoms with Crippen LogP contribution in [0.4, 0.5) is 11.8 Å². The van der Waals surface area contributed by atoms with Crippen LogP contribution >= 0.6 is 11.6 Å². The number of nitrogen functional groups attached to an aromatic ring is 1. The third kappa shape index (κ3) is 4.31. The zero-order chi connectivity index (χ0) is 17.8. The quantitative estimate of drug-likeness (QED) is 0.839. The molecule has 2 heterocycles. The van der Waals surface area contributed by atoms with Crippen LogP contribution in [0.3, 0.4) is 0 Å². The minimum Gasteiger partial charge on any atom is -0.452 e. The van der Waals surface area contributed by atoms with Gasteiger partial charge in [-0.2, -0.15) is 4.98 Å². The van der Waals surface area contributed by atoms with Gasteiger partial charge in [0, 0.05) is 37.7 Å². The van der Waals surface area contributed by atoms with Crippen LogP contribution in [0, 0.1) is 6.92 Å². The second kappa shape index (κ2) is 7.86. The van der Waals surface area contributed by atoms with Crippen molar-refractivity contribution in [3.8, 4) is 11.5 Å². The van der Waals surface area contributed by atoms with E-state index in [4.69, 9.17) is 27.2 Å². The molecule has 0 spiro atoms. The van der Waals surface area contributed by atoms with Crippen molar-refractivity contribution in [2.24, 2.45) is 0 Å². The Morgan fingerprint density at radius 1 is 1.24 bits per heavy atom. The number of aryl methyl sites for hydroxylation is 1. The van der Waals surface area contributed by atoms with E-state index in [-0.39, 0.29) is 12.6 Å². The molecule has 0 saturated carbocycles. The maximum atomic E-state index is 9.07. The minimum absolute atomic E-state index is 0.171.